The predicted octanol–water partition coefficient (Wildman–Crippen LogP) is 4.09. The minimum absolute atomic E-state index is 0.186. The largest absolute Gasteiger partial charge is 0.486 e. The number of rotatable bonds is 5. The summed E-state index contributed by atoms with van der Waals surface area (Å²) in [7, 11) is 0. The quantitative estimate of drug-likeness (QED) is 0.481. The van der Waals surface area contributed by atoms with Crippen LogP contribution in [-0.2, 0) is 13.0 Å². The molecule has 6 nitrogen and oxygen atoms in total. The second kappa shape index (κ2) is 7.83. The summed E-state index contributed by atoms with van der Waals surface area (Å²) in [4.78, 5) is 8.90. The molecule has 0 bridgehead atoms. The summed E-state index contributed by atoms with van der Waals surface area (Å²) < 4.78 is 40.2. The minimum atomic E-state index is -0.627. The Labute approximate surface area is 174 Å². The smallest absolute Gasteiger partial charge is 0.200 e. The lowest BCUT2D eigenvalue weighted by molar-refractivity contribution is 0.171. The van der Waals surface area contributed by atoms with Crippen molar-refractivity contribution in [2.45, 2.75) is 13.0 Å². The molecule has 0 N–H and O–H groups in total. The highest BCUT2D eigenvalue weighted by Gasteiger charge is 2.17. The first-order valence-electron chi connectivity index (χ1n) is 9.30. The van der Waals surface area contributed by atoms with Gasteiger partial charge in [-0.1, -0.05) is 6.07 Å². The first-order valence-corrected chi connectivity index (χ1v) is 10.2. The third-order valence-electron chi connectivity index (χ3n) is 4.63. The lowest BCUT2D eigenvalue weighted by Gasteiger charge is -2.18. The van der Waals surface area contributed by atoms with E-state index in [9.17, 15) is 8.78 Å². The van der Waals surface area contributed by atoms with Crippen molar-refractivity contribution in [3.05, 3.63) is 75.9 Å². The molecule has 0 saturated heterocycles. The molecule has 0 radical (unpaired) electrons. The number of halogens is 2. The zero-order valence-corrected chi connectivity index (χ0v) is 16.5. The number of hydrogen-bond donors (Lipinski definition) is 0. The van der Waals surface area contributed by atoms with Crippen molar-refractivity contribution in [1.82, 2.24) is 19.7 Å². The van der Waals surface area contributed by atoms with E-state index < -0.39 is 11.6 Å². The van der Waals surface area contributed by atoms with Crippen LogP contribution in [0.25, 0.3) is 11.5 Å². The summed E-state index contributed by atoms with van der Waals surface area (Å²) in [6.07, 6.45) is 0.464. The number of fused-ring (bicyclic) bond motifs is 1. The van der Waals surface area contributed by atoms with Gasteiger partial charge in [-0.2, -0.15) is 0 Å². The van der Waals surface area contributed by atoms with Crippen LogP contribution in [-0.4, -0.2) is 33.0 Å². The summed E-state index contributed by atoms with van der Waals surface area (Å²) in [5, 5.41) is 6.40. The lowest BCUT2D eigenvalue weighted by atomic mass is 10.1. The molecule has 3 heterocycles. The molecule has 30 heavy (non-hydrogen) atoms. The Morgan fingerprint density at radius 1 is 0.967 bits per heavy atom. The number of benzene rings is 2. The van der Waals surface area contributed by atoms with Gasteiger partial charge in [-0.25, -0.2) is 23.4 Å². The van der Waals surface area contributed by atoms with Crippen LogP contribution >= 0.6 is 11.3 Å². The van der Waals surface area contributed by atoms with E-state index in [4.69, 9.17) is 9.47 Å². The van der Waals surface area contributed by atoms with Crippen molar-refractivity contribution in [2.24, 2.45) is 0 Å². The molecular weight excluding hydrogens is 410 g/mol. The van der Waals surface area contributed by atoms with Crippen LogP contribution in [0.3, 0.4) is 0 Å². The molecule has 0 fully saturated rings. The Kier molecular flexibility index (Phi) is 4.88. The van der Waals surface area contributed by atoms with E-state index in [1.807, 2.05) is 23.6 Å². The van der Waals surface area contributed by atoms with Gasteiger partial charge in [0.15, 0.2) is 11.5 Å². The molecule has 2 aromatic heterocycles. The molecule has 152 valence electrons. The molecule has 1 aliphatic heterocycles. The van der Waals surface area contributed by atoms with E-state index in [1.54, 1.807) is 10.2 Å². The van der Waals surface area contributed by atoms with Crippen LogP contribution in [0.2, 0.25) is 0 Å². The van der Waals surface area contributed by atoms with E-state index in [2.05, 4.69) is 15.1 Å². The van der Waals surface area contributed by atoms with Gasteiger partial charge in [0.05, 0.1) is 12.1 Å². The van der Waals surface area contributed by atoms with Crippen molar-refractivity contribution in [1.29, 1.82) is 0 Å². The van der Waals surface area contributed by atoms with E-state index in [1.165, 1.54) is 23.5 Å². The first kappa shape index (κ1) is 18.7. The summed E-state index contributed by atoms with van der Waals surface area (Å²) in [5.41, 5.74) is 3.79. The molecule has 1 aliphatic rings. The first-order chi connectivity index (χ1) is 14.6. The maximum atomic E-state index is 13.6. The van der Waals surface area contributed by atoms with Gasteiger partial charge < -0.3 is 9.47 Å². The molecule has 0 amide bonds. The lowest BCUT2D eigenvalue weighted by Crippen LogP contribution is -2.15. The van der Waals surface area contributed by atoms with Gasteiger partial charge in [-0.15, -0.1) is 16.4 Å². The van der Waals surface area contributed by atoms with Crippen molar-refractivity contribution >= 4 is 11.3 Å². The second-order valence-corrected chi connectivity index (χ2v) is 7.53. The standard InChI is InChI=1S/C21H16F2N4O2S/c22-15-5-14(6-16(23)9-15)10-27-20(25-21(26-27)17-11-30-12-24-17)8-13-1-2-18-19(7-13)29-4-3-28-18/h1-2,5-7,9,11-12H,3-4,8,10H2. The van der Waals surface area contributed by atoms with Gasteiger partial charge in [0.1, 0.15) is 36.4 Å². The average molecular weight is 426 g/mol. The molecule has 0 atom stereocenters. The number of thiazole rings is 1. The summed E-state index contributed by atoms with van der Waals surface area (Å²) in [6.45, 7) is 1.22. The second-order valence-electron chi connectivity index (χ2n) is 6.82. The van der Waals surface area contributed by atoms with Crippen LogP contribution in [0.5, 0.6) is 11.5 Å². The molecule has 4 aromatic rings. The molecule has 0 unspecified atom stereocenters. The van der Waals surface area contributed by atoms with E-state index in [0.29, 0.717) is 54.0 Å². The minimum Gasteiger partial charge on any atom is -0.486 e. The van der Waals surface area contributed by atoms with Crippen molar-refractivity contribution in [2.75, 3.05) is 13.2 Å². The highest BCUT2D eigenvalue weighted by atomic mass is 32.1. The Bertz CT molecular complexity index is 1170. The topological polar surface area (TPSA) is 62.1 Å². The average Bonchev–Trinajstić information content (AvgIpc) is 3.38. The maximum absolute atomic E-state index is 13.6. The number of aromatic nitrogens is 4. The van der Waals surface area contributed by atoms with Crippen molar-refractivity contribution in [3.8, 4) is 23.0 Å². The van der Waals surface area contributed by atoms with Gasteiger partial charge in [-0.05, 0) is 35.4 Å². The SMILES string of the molecule is Fc1cc(F)cc(Cn2nc(-c3cscn3)nc2Cc2ccc3c(c2)OCCO3)c1. The van der Waals surface area contributed by atoms with Gasteiger partial charge >= 0.3 is 0 Å². The molecule has 0 spiro atoms. The van der Waals surface area contributed by atoms with Gasteiger partial charge in [0.25, 0.3) is 0 Å². The summed E-state index contributed by atoms with van der Waals surface area (Å²) in [6, 6.07) is 9.16. The van der Waals surface area contributed by atoms with Crippen LogP contribution < -0.4 is 9.47 Å². The number of hydrogen-bond acceptors (Lipinski definition) is 6. The van der Waals surface area contributed by atoms with Crippen LogP contribution in [0, 0.1) is 11.6 Å². The number of ether oxygens (including phenoxy) is 2. The normalized spacial score (nSPS) is 12.9. The summed E-state index contributed by atoms with van der Waals surface area (Å²) in [5.74, 6) is 1.28. The fourth-order valence-electron chi connectivity index (χ4n) is 3.32. The van der Waals surface area contributed by atoms with Crippen LogP contribution in [0.4, 0.5) is 8.78 Å². The molecule has 0 saturated carbocycles. The maximum Gasteiger partial charge on any atom is 0.200 e. The Morgan fingerprint density at radius 2 is 1.77 bits per heavy atom. The van der Waals surface area contributed by atoms with Crippen LogP contribution in [0.1, 0.15) is 17.0 Å². The highest BCUT2D eigenvalue weighted by molar-refractivity contribution is 7.07. The molecule has 0 aliphatic carbocycles. The molecular formula is C21H16F2N4O2S. The van der Waals surface area contributed by atoms with E-state index in [0.717, 1.165) is 11.6 Å². The predicted molar refractivity (Wildman–Crippen MR) is 107 cm³/mol. The Balaban J connectivity index is 1.49. The van der Waals surface area contributed by atoms with Crippen molar-refractivity contribution in [3.63, 3.8) is 0 Å². The van der Waals surface area contributed by atoms with E-state index in [-0.39, 0.29) is 6.54 Å². The monoisotopic (exact) mass is 426 g/mol. The van der Waals surface area contributed by atoms with Gasteiger partial charge in [0, 0.05) is 17.9 Å². The zero-order valence-electron chi connectivity index (χ0n) is 15.7. The fraction of sp³-hybridized carbons (Fsp3) is 0.190. The molecule has 9 heteroatoms. The van der Waals surface area contributed by atoms with Gasteiger partial charge in [-0.3, -0.25) is 0 Å². The highest BCUT2D eigenvalue weighted by Crippen LogP contribution is 2.31. The van der Waals surface area contributed by atoms with Gasteiger partial charge in [0.2, 0.25) is 5.82 Å². The van der Waals surface area contributed by atoms with Crippen molar-refractivity contribution < 1.29 is 18.3 Å². The number of nitrogens with zero attached hydrogens (tertiary/aromatic N) is 4. The Morgan fingerprint density at radius 3 is 2.53 bits per heavy atom. The summed E-state index contributed by atoms with van der Waals surface area (Å²) >= 11 is 1.45. The van der Waals surface area contributed by atoms with E-state index >= 15 is 0 Å². The zero-order chi connectivity index (χ0) is 20.5. The Hall–Kier alpha value is -3.33. The fourth-order valence-corrected chi connectivity index (χ4v) is 3.85. The molecule has 5 rings (SSSR count). The third-order valence-corrected chi connectivity index (χ3v) is 5.22. The third kappa shape index (κ3) is 3.88. The van der Waals surface area contributed by atoms with Crippen LogP contribution in [0.15, 0.2) is 47.3 Å². The molecule has 2 aromatic carbocycles.